The molecule has 1 aromatic heterocycles. The van der Waals surface area contributed by atoms with Crippen molar-refractivity contribution < 1.29 is 14.3 Å². The predicted molar refractivity (Wildman–Crippen MR) is 92.8 cm³/mol. The third-order valence-corrected chi connectivity index (χ3v) is 3.78. The molecule has 0 aliphatic carbocycles. The molecule has 1 heterocycles. The van der Waals surface area contributed by atoms with Crippen LogP contribution in [0.15, 0.2) is 47.1 Å². The summed E-state index contributed by atoms with van der Waals surface area (Å²) in [5, 5.41) is 0.506. The zero-order valence-electron chi connectivity index (χ0n) is 12.9. The van der Waals surface area contributed by atoms with Crippen LogP contribution in [0.2, 0.25) is 5.02 Å². The van der Waals surface area contributed by atoms with Gasteiger partial charge in [-0.2, -0.15) is 0 Å². The lowest BCUT2D eigenvalue weighted by Crippen LogP contribution is -2.40. The Morgan fingerprint density at radius 1 is 1.30 bits per heavy atom. The van der Waals surface area contributed by atoms with Gasteiger partial charge in [0.15, 0.2) is 0 Å². The van der Waals surface area contributed by atoms with E-state index in [4.69, 9.17) is 21.1 Å². The van der Waals surface area contributed by atoms with Crippen molar-refractivity contribution in [3.63, 3.8) is 0 Å². The van der Waals surface area contributed by atoms with Crippen LogP contribution in [0.25, 0.3) is 0 Å². The highest BCUT2D eigenvalue weighted by molar-refractivity contribution is 9.10. The Morgan fingerprint density at radius 2 is 2.09 bits per heavy atom. The van der Waals surface area contributed by atoms with E-state index < -0.39 is 11.6 Å². The Bertz CT molecular complexity index is 674. The van der Waals surface area contributed by atoms with E-state index >= 15 is 0 Å². The molecule has 2 rings (SSSR count). The molecule has 0 bridgehead atoms. The molecule has 0 aliphatic rings. The van der Waals surface area contributed by atoms with Gasteiger partial charge in [-0.15, -0.1) is 0 Å². The van der Waals surface area contributed by atoms with Crippen molar-refractivity contribution in [2.45, 2.75) is 25.9 Å². The van der Waals surface area contributed by atoms with Crippen molar-refractivity contribution in [3.05, 3.63) is 57.7 Å². The Kier molecular flexibility index (Phi) is 6.02. The molecule has 23 heavy (non-hydrogen) atoms. The summed E-state index contributed by atoms with van der Waals surface area (Å²) in [6.07, 6.45) is 2.10. The maximum Gasteiger partial charge on any atom is 0.349 e. The zero-order chi connectivity index (χ0) is 16.9. The summed E-state index contributed by atoms with van der Waals surface area (Å²) in [5.41, 5.74) is -0.0387. The number of carbonyl (C=O) groups is 1. The number of hydrogen-bond acceptors (Lipinski definition) is 4. The summed E-state index contributed by atoms with van der Waals surface area (Å²) in [6, 6.07) is 11.1. The second kappa shape index (κ2) is 7.79. The Labute approximate surface area is 148 Å². The summed E-state index contributed by atoms with van der Waals surface area (Å²) in [6.45, 7) is 3.57. The normalized spacial score (nSPS) is 11.1. The average Bonchev–Trinajstić information content (AvgIpc) is 2.49. The first-order valence-corrected chi connectivity index (χ1v) is 8.26. The fourth-order valence-electron chi connectivity index (χ4n) is 1.85. The molecular formula is C17H17BrClNO3. The van der Waals surface area contributed by atoms with Gasteiger partial charge in [0.2, 0.25) is 11.5 Å². The predicted octanol–water partition coefficient (Wildman–Crippen LogP) is 4.44. The number of halogens is 2. The molecular weight excluding hydrogens is 382 g/mol. The number of benzene rings is 1. The standard InChI is InChI=1S/C17H17BrClNO3/c1-17(2,23-15-7-6-14(19)11-20-15)16(21)22-9-8-12-4-3-5-13(18)10-12/h3-7,10-11H,8-9H2,1-2H3. The van der Waals surface area contributed by atoms with Crippen LogP contribution >= 0.6 is 27.5 Å². The summed E-state index contributed by atoms with van der Waals surface area (Å²) in [5.74, 6) is -0.118. The zero-order valence-corrected chi connectivity index (χ0v) is 15.2. The van der Waals surface area contributed by atoms with E-state index in [1.165, 1.54) is 6.20 Å². The van der Waals surface area contributed by atoms with Gasteiger partial charge >= 0.3 is 5.97 Å². The molecule has 0 saturated heterocycles. The van der Waals surface area contributed by atoms with Crippen LogP contribution in [0.4, 0.5) is 0 Å². The minimum atomic E-state index is -1.13. The van der Waals surface area contributed by atoms with E-state index in [9.17, 15) is 4.79 Å². The van der Waals surface area contributed by atoms with Gasteiger partial charge in [0, 0.05) is 23.2 Å². The first-order valence-electron chi connectivity index (χ1n) is 7.09. The lowest BCUT2D eigenvalue weighted by molar-refractivity contribution is -0.159. The molecule has 0 fully saturated rings. The lowest BCUT2D eigenvalue weighted by Gasteiger charge is -2.23. The maximum atomic E-state index is 12.2. The van der Waals surface area contributed by atoms with Crippen molar-refractivity contribution in [1.82, 2.24) is 4.98 Å². The fraction of sp³-hybridized carbons (Fsp3) is 0.294. The van der Waals surface area contributed by atoms with E-state index in [2.05, 4.69) is 20.9 Å². The molecule has 1 aromatic carbocycles. The summed E-state index contributed by atoms with van der Waals surface area (Å²) >= 11 is 9.18. The van der Waals surface area contributed by atoms with Gasteiger partial charge < -0.3 is 9.47 Å². The molecule has 0 atom stereocenters. The summed E-state index contributed by atoms with van der Waals surface area (Å²) < 4.78 is 11.9. The molecule has 0 radical (unpaired) electrons. The van der Waals surface area contributed by atoms with Crippen LogP contribution in [0.5, 0.6) is 5.88 Å². The van der Waals surface area contributed by atoms with Gasteiger partial charge in [-0.3, -0.25) is 0 Å². The number of aromatic nitrogens is 1. The van der Waals surface area contributed by atoms with Gasteiger partial charge in [0.25, 0.3) is 0 Å². The lowest BCUT2D eigenvalue weighted by atomic mass is 10.1. The minimum absolute atomic E-state index is 0.288. The Morgan fingerprint density at radius 3 is 2.74 bits per heavy atom. The van der Waals surface area contributed by atoms with Crippen molar-refractivity contribution >= 4 is 33.5 Å². The van der Waals surface area contributed by atoms with Crippen molar-refractivity contribution in [2.75, 3.05) is 6.61 Å². The molecule has 0 unspecified atom stereocenters. The number of esters is 1. The van der Waals surface area contributed by atoms with E-state index in [0.717, 1.165) is 10.0 Å². The number of pyridine rings is 1. The van der Waals surface area contributed by atoms with Crippen molar-refractivity contribution in [1.29, 1.82) is 0 Å². The highest BCUT2D eigenvalue weighted by Crippen LogP contribution is 2.19. The van der Waals surface area contributed by atoms with Gasteiger partial charge in [-0.05, 0) is 37.6 Å². The van der Waals surface area contributed by atoms with Gasteiger partial charge in [0.05, 0.1) is 11.6 Å². The molecule has 0 aliphatic heterocycles. The highest BCUT2D eigenvalue weighted by Gasteiger charge is 2.32. The Hall–Kier alpha value is -1.59. The number of ether oxygens (including phenoxy) is 2. The molecule has 4 nitrogen and oxygen atoms in total. The van der Waals surface area contributed by atoms with Crippen LogP contribution in [-0.2, 0) is 16.0 Å². The topological polar surface area (TPSA) is 48.4 Å². The van der Waals surface area contributed by atoms with Crippen molar-refractivity contribution in [3.8, 4) is 5.88 Å². The van der Waals surface area contributed by atoms with Gasteiger partial charge in [-0.1, -0.05) is 39.7 Å². The summed E-state index contributed by atoms with van der Waals surface area (Å²) in [4.78, 5) is 16.2. The fourth-order valence-corrected chi connectivity index (χ4v) is 2.41. The van der Waals surface area contributed by atoms with Crippen molar-refractivity contribution in [2.24, 2.45) is 0 Å². The van der Waals surface area contributed by atoms with E-state index in [1.54, 1.807) is 26.0 Å². The highest BCUT2D eigenvalue weighted by atomic mass is 79.9. The van der Waals surface area contributed by atoms with Crippen LogP contribution < -0.4 is 4.74 Å². The van der Waals surface area contributed by atoms with Gasteiger partial charge in [0.1, 0.15) is 0 Å². The third-order valence-electron chi connectivity index (χ3n) is 3.06. The second-order valence-electron chi connectivity index (χ2n) is 5.44. The van der Waals surface area contributed by atoms with E-state index in [-0.39, 0.29) is 6.61 Å². The molecule has 0 amide bonds. The average molecular weight is 399 g/mol. The summed E-state index contributed by atoms with van der Waals surface area (Å²) in [7, 11) is 0. The SMILES string of the molecule is CC(C)(Oc1ccc(Cl)cn1)C(=O)OCCc1cccc(Br)c1. The van der Waals surface area contributed by atoms with E-state index in [1.807, 2.05) is 24.3 Å². The van der Waals surface area contributed by atoms with Crippen LogP contribution in [0, 0.1) is 0 Å². The first-order chi connectivity index (χ1) is 10.9. The number of nitrogens with zero attached hydrogens (tertiary/aromatic N) is 1. The Balaban J connectivity index is 1.87. The molecule has 0 N–H and O–H groups in total. The van der Waals surface area contributed by atoms with Crippen LogP contribution in [0.3, 0.4) is 0 Å². The molecule has 0 spiro atoms. The maximum absolute atomic E-state index is 12.2. The minimum Gasteiger partial charge on any atom is -0.462 e. The third kappa shape index (κ3) is 5.52. The number of rotatable bonds is 6. The van der Waals surface area contributed by atoms with Gasteiger partial charge in [-0.25, -0.2) is 9.78 Å². The second-order valence-corrected chi connectivity index (χ2v) is 6.79. The molecule has 122 valence electrons. The molecule has 2 aromatic rings. The first kappa shape index (κ1) is 17.8. The number of carbonyl (C=O) groups excluding carboxylic acids is 1. The quantitative estimate of drug-likeness (QED) is 0.675. The largest absolute Gasteiger partial charge is 0.462 e. The molecule has 6 heteroatoms. The monoisotopic (exact) mass is 397 g/mol. The van der Waals surface area contributed by atoms with Crippen LogP contribution in [0.1, 0.15) is 19.4 Å². The smallest absolute Gasteiger partial charge is 0.349 e. The number of hydrogen-bond donors (Lipinski definition) is 0. The van der Waals surface area contributed by atoms with E-state index in [0.29, 0.717) is 17.3 Å². The van der Waals surface area contributed by atoms with Crippen LogP contribution in [-0.4, -0.2) is 23.2 Å². The molecule has 0 saturated carbocycles.